The van der Waals surface area contributed by atoms with Crippen LogP contribution >= 0.6 is 15.8 Å². The lowest BCUT2D eigenvalue weighted by Crippen LogP contribution is -2.20. The molecule has 9 rings (SSSR count). The van der Waals surface area contributed by atoms with E-state index >= 15 is 0 Å². The Balaban J connectivity index is 1.25. The molecule has 0 fully saturated rings. The molecule has 0 aliphatic heterocycles. The summed E-state index contributed by atoms with van der Waals surface area (Å²) in [7, 11) is -1.89. The molecule has 0 aromatic heterocycles. The average Bonchev–Trinajstić information content (AvgIpc) is 3.74. The molecule has 0 saturated carbocycles. The quantitative estimate of drug-likeness (QED) is 0.126. The zero-order valence-corrected chi connectivity index (χ0v) is 31.6. The molecule has 56 heavy (non-hydrogen) atoms. The molecule has 0 atom stereocenters. The molecule has 0 heterocycles. The van der Waals surface area contributed by atoms with Crippen LogP contribution in [0.5, 0.6) is 0 Å². The van der Waals surface area contributed by atoms with E-state index in [2.05, 4.69) is 164 Å². The monoisotopic (exact) mass is 746 g/mol. The predicted molar refractivity (Wildman–Crippen MR) is 229 cm³/mol. The Hall–Kier alpha value is -7.16. The van der Waals surface area contributed by atoms with Crippen LogP contribution in [0.2, 0.25) is 0 Å². The highest BCUT2D eigenvalue weighted by Gasteiger charge is 2.35. The van der Waals surface area contributed by atoms with Crippen LogP contribution in [0.1, 0.15) is 22.3 Å². The molecule has 4 nitrogen and oxygen atoms in total. The van der Waals surface area contributed by atoms with Crippen molar-refractivity contribution < 1.29 is 0 Å². The van der Waals surface area contributed by atoms with Crippen LogP contribution in [0, 0.1) is 45.3 Å². The molecule has 0 radical (unpaired) electrons. The van der Waals surface area contributed by atoms with Crippen LogP contribution in [-0.4, -0.2) is 0 Å². The lowest BCUT2D eigenvalue weighted by Gasteiger charge is -2.20. The summed E-state index contributed by atoms with van der Waals surface area (Å²) >= 11 is 0. The Kier molecular flexibility index (Phi) is 9.01. The number of nitriles is 4. The summed E-state index contributed by atoms with van der Waals surface area (Å²) < 4.78 is 0. The van der Waals surface area contributed by atoms with Gasteiger partial charge in [0.2, 0.25) is 0 Å². The van der Waals surface area contributed by atoms with Gasteiger partial charge >= 0.3 is 0 Å². The Morgan fingerprint density at radius 1 is 0.286 bits per heavy atom. The highest BCUT2D eigenvalue weighted by molar-refractivity contribution is 7.80. The van der Waals surface area contributed by atoms with Gasteiger partial charge < -0.3 is 0 Å². The zero-order valence-electron chi connectivity index (χ0n) is 29.8. The first-order valence-corrected chi connectivity index (χ1v) is 20.7. The van der Waals surface area contributed by atoms with Crippen LogP contribution in [-0.2, 0) is 0 Å². The van der Waals surface area contributed by atoms with E-state index in [1.807, 2.05) is 30.3 Å². The number of rotatable bonds is 6. The van der Waals surface area contributed by atoms with Gasteiger partial charge in [0.15, 0.2) is 0 Å². The Morgan fingerprint density at radius 3 is 0.875 bits per heavy atom. The summed E-state index contributed by atoms with van der Waals surface area (Å²) in [6, 6.07) is 67.5. The number of benzene rings is 7. The standard InChI is InChI=1S/C50H28N4P2/c51-29-33(30-52)49-45-25-39(55(35-13-5-1-6-14-35)36-15-7-2-8-16-36)21-23-41(45)43-27-44-42-24-22-40(26-46(42)50(34(31-53)32-54)48(44)28-47(43)49)56(37-17-9-3-10-18-37)38-19-11-4-12-20-38/h1-28H. The van der Waals surface area contributed by atoms with E-state index in [1.54, 1.807) is 0 Å². The van der Waals surface area contributed by atoms with Gasteiger partial charge in [-0.2, -0.15) is 21.0 Å². The molecule has 6 heteroatoms. The van der Waals surface area contributed by atoms with Crippen LogP contribution in [0.4, 0.5) is 0 Å². The van der Waals surface area contributed by atoms with Gasteiger partial charge in [0.1, 0.15) is 35.4 Å². The van der Waals surface area contributed by atoms with Gasteiger partial charge in [0.25, 0.3) is 0 Å². The lowest BCUT2D eigenvalue weighted by atomic mass is 9.93. The Bertz CT molecular complexity index is 2630. The minimum Gasteiger partial charge on any atom is -0.192 e. The third-order valence-electron chi connectivity index (χ3n) is 10.3. The van der Waals surface area contributed by atoms with Gasteiger partial charge in [-0.3, -0.25) is 0 Å². The SMILES string of the molecule is N#CC(C#N)=C1c2cc(P(c3ccccc3)c3ccccc3)ccc2-c2cc3c(cc21)C(=C(C#N)C#N)c1cc(P(c2ccccc2)c2ccccc2)ccc1-3. The lowest BCUT2D eigenvalue weighted by molar-refractivity contribution is 1.45. The normalized spacial score (nSPS) is 11.8. The van der Waals surface area contributed by atoms with E-state index in [0.717, 1.165) is 55.1 Å². The van der Waals surface area contributed by atoms with Gasteiger partial charge in [-0.25, -0.2) is 0 Å². The van der Waals surface area contributed by atoms with Crippen LogP contribution < -0.4 is 31.8 Å². The van der Waals surface area contributed by atoms with E-state index in [1.165, 1.54) is 21.2 Å². The highest BCUT2D eigenvalue weighted by Crippen LogP contribution is 2.54. The van der Waals surface area contributed by atoms with Crippen LogP contribution in [0.3, 0.4) is 0 Å². The van der Waals surface area contributed by atoms with Crippen molar-refractivity contribution in [3.05, 3.63) is 203 Å². The summed E-state index contributed by atoms with van der Waals surface area (Å²) in [4.78, 5) is 0. The Morgan fingerprint density at radius 2 is 0.571 bits per heavy atom. The smallest absolute Gasteiger partial charge is 0.138 e. The molecular weight excluding hydrogens is 719 g/mol. The second kappa shape index (κ2) is 14.6. The summed E-state index contributed by atoms with van der Waals surface area (Å²) in [6.07, 6.45) is 0. The molecule has 0 spiro atoms. The molecule has 7 aromatic carbocycles. The van der Waals surface area contributed by atoms with Crippen molar-refractivity contribution in [2.75, 3.05) is 0 Å². The number of fused-ring (bicyclic) bond motifs is 6. The van der Waals surface area contributed by atoms with E-state index in [9.17, 15) is 21.0 Å². The van der Waals surface area contributed by atoms with E-state index in [0.29, 0.717) is 11.1 Å². The molecule has 0 N–H and O–H groups in total. The maximum Gasteiger partial charge on any atom is 0.138 e. The number of nitrogens with zero attached hydrogens (tertiary/aromatic N) is 4. The van der Waals surface area contributed by atoms with E-state index in [-0.39, 0.29) is 11.1 Å². The first-order chi connectivity index (χ1) is 27.6. The number of hydrogen-bond acceptors (Lipinski definition) is 4. The van der Waals surface area contributed by atoms with Gasteiger partial charge in [-0.05, 0) is 116 Å². The van der Waals surface area contributed by atoms with E-state index < -0.39 is 15.8 Å². The minimum atomic E-state index is -0.944. The molecule has 0 bridgehead atoms. The molecule has 2 aliphatic carbocycles. The zero-order chi connectivity index (χ0) is 38.2. The van der Waals surface area contributed by atoms with Gasteiger partial charge in [-0.1, -0.05) is 146 Å². The van der Waals surface area contributed by atoms with Crippen molar-refractivity contribution in [2.24, 2.45) is 0 Å². The third-order valence-corrected chi connectivity index (χ3v) is 15.2. The third kappa shape index (κ3) is 5.75. The number of allylic oxidation sites excluding steroid dienone is 2. The minimum absolute atomic E-state index is 0.0198. The Labute approximate surface area is 328 Å². The molecule has 7 aromatic rings. The van der Waals surface area contributed by atoms with Crippen molar-refractivity contribution >= 4 is 58.8 Å². The summed E-state index contributed by atoms with van der Waals surface area (Å²) in [5, 5.41) is 48.5. The van der Waals surface area contributed by atoms with E-state index in [4.69, 9.17) is 0 Å². The fourth-order valence-electron chi connectivity index (χ4n) is 7.99. The van der Waals surface area contributed by atoms with Crippen molar-refractivity contribution in [2.45, 2.75) is 0 Å². The molecule has 2 aliphatic rings. The van der Waals surface area contributed by atoms with Crippen molar-refractivity contribution in [3.8, 4) is 46.5 Å². The maximum absolute atomic E-state index is 10.4. The summed E-state index contributed by atoms with van der Waals surface area (Å²) in [5.41, 5.74) is 8.04. The second-order valence-electron chi connectivity index (χ2n) is 13.4. The van der Waals surface area contributed by atoms with Gasteiger partial charge in [0, 0.05) is 11.1 Å². The average molecular weight is 747 g/mol. The summed E-state index contributed by atoms with van der Waals surface area (Å²) in [6.45, 7) is 0. The molecule has 0 saturated heterocycles. The largest absolute Gasteiger partial charge is 0.192 e. The van der Waals surface area contributed by atoms with Gasteiger partial charge in [-0.15, -0.1) is 0 Å². The predicted octanol–water partition coefficient (Wildman–Crippen LogP) is 8.86. The van der Waals surface area contributed by atoms with Crippen molar-refractivity contribution in [3.63, 3.8) is 0 Å². The van der Waals surface area contributed by atoms with Crippen molar-refractivity contribution in [1.82, 2.24) is 0 Å². The first-order valence-electron chi connectivity index (χ1n) is 18.0. The fraction of sp³-hybridized carbons (Fsp3) is 0. The topological polar surface area (TPSA) is 95.2 Å². The molecule has 0 amide bonds. The van der Waals surface area contributed by atoms with Crippen LogP contribution in [0.25, 0.3) is 33.4 Å². The molecule has 258 valence electrons. The van der Waals surface area contributed by atoms with Crippen LogP contribution in [0.15, 0.2) is 181 Å². The maximum atomic E-state index is 10.4. The van der Waals surface area contributed by atoms with Crippen molar-refractivity contribution in [1.29, 1.82) is 21.0 Å². The second-order valence-corrected chi connectivity index (χ2v) is 17.8. The first kappa shape index (κ1) is 34.6. The fourth-order valence-corrected chi connectivity index (χ4v) is 12.6. The molecule has 0 unspecified atom stereocenters. The molecular formula is C50H28N4P2. The van der Waals surface area contributed by atoms with Gasteiger partial charge in [0.05, 0.1) is 0 Å². The summed E-state index contributed by atoms with van der Waals surface area (Å²) in [5.74, 6) is 0. The number of hydrogen-bond donors (Lipinski definition) is 0. The highest BCUT2D eigenvalue weighted by atomic mass is 31.1.